The molecule has 5 nitrogen and oxygen atoms in total. The minimum atomic E-state index is 0.132. The van der Waals surface area contributed by atoms with Crippen LogP contribution < -0.4 is 10.6 Å². The van der Waals surface area contributed by atoms with Crippen LogP contribution in [0.4, 0.5) is 5.69 Å². The van der Waals surface area contributed by atoms with E-state index in [2.05, 4.69) is 5.16 Å². The van der Waals surface area contributed by atoms with Crippen LogP contribution in [0.5, 0.6) is 0 Å². The number of amidine groups is 1. The first kappa shape index (κ1) is 13.4. The number of hydrogen-bond acceptors (Lipinski definition) is 3. The summed E-state index contributed by atoms with van der Waals surface area (Å²) >= 11 is 0. The zero-order valence-electron chi connectivity index (χ0n) is 10.8. The highest BCUT2D eigenvalue weighted by Crippen LogP contribution is 2.30. The fourth-order valence-corrected chi connectivity index (χ4v) is 2.13. The molecule has 0 aliphatic heterocycles. The third-order valence-electron chi connectivity index (χ3n) is 3.51. The number of para-hydroxylation sites is 1. The van der Waals surface area contributed by atoms with Crippen LogP contribution in [0.1, 0.15) is 25.7 Å². The van der Waals surface area contributed by atoms with Gasteiger partial charge in [0.2, 0.25) is 5.91 Å². The van der Waals surface area contributed by atoms with Crippen LogP contribution in [0.3, 0.4) is 0 Å². The van der Waals surface area contributed by atoms with E-state index in [1.54, 1.807) is 4.90 Å². The molecule has 102 valence electrons. The maximum absolute atomic E-state index is 12.4. The molecule has 2 rings (SSSR count). The van der Waals surface area contributed by atoms with Crippen LogP contribution in [0, 0.1) is 5.92 Å². The molecule has 0 bridgehead atoms. The Morgan fingerprint density at radius 1 is 1.37 bits per heavy atom. The summed E-state index contributed by atoms with van der Waals surface area (Å²) in [5.41, 5.74) is 6.35. The van der Waals surface area contributed by atoms with Gasteiger partial charge in [-0.2, -0.15) is 0 Å². The van der Waals surface area contributed by atoms with Crippen LogP contribution in [0.2, 0.25) is 0 Å². The maximum Gasteiger partial charge on any atom is 0.230 e. The lowest BCUT2D eigenvalue weighted by Crippen LogP contribution is -2.40. The summed E-state index contributed by atoms with van der Waals surface area (Å²) in [6.45, 7) is 0.440. The number of carbonyl (C=O) groups excluding carboxylic acids is 1. The summed E-state index contributed by atoms with van der Waals surface area (Å²) in [6.07, 6.45) is 3.42. The third-order valence-corrected chi connectivity index (χ3v) is 3.51. The molecular weight excluding hydrogens is 242 g/mol. The number of oxime groups is 1. The van der Waals surface area contributed by atoms with E-state index in [-0.39, 0.29) is 17.7 Å². The van der Waals surface area contributed by atoms with Crippen LogP contribution in [-0.2, 0) is 4.79 Å². The molecule has 19 heavy (non-hydrogen) atoms. The van der Waals surface area contributed by atoms with Gasteiger partial charge < -0.3 is 15.8 Å². The summed E-state index contributed by atoms with van der Waals surface area (Å²) in [7, 11) is 0. The van der Waals surface area contributed by atoms with Gasteiger partial charge in [-0.1, -0.05) is 29.8 Å². The zero-order chi connectivity index (χ0) is 13.7. The van der Waals surface area contributed by atoms with Gasteiger partial charge in [-0.05, 0) is 25.0 Å². The molecule has 0 radical (unpaired) electrons. The average Bonchev–Trinajstić information content (AvgIpc) is 2.38. The van der Waals surface area contributed by atoms with E-state index < -0.39 is 0 Å². The van der Waals surface area contributed by atoms with Crippen molar-refractivity contribution in [2.45, 2.75) is 25.7 Å². The first-order valence-electron chi connectivity index (χ1n) is 6.55. The minimum absolute atomic E-state index is 0.132. The van der Waals surface area contributed by atoms with Crippen LogP contribution >= 0.6 is 0 Å². The number of carbonyl (C=O) groups is 1. The largest absolute Gasteiger partial charge is 0.409 e. The molecule has 0 saturated heterocycles. The number of rotatable bonds is 5. The van der Waals surface area contributed by atoms with E-state index in [4.69, 9.17) is 10.9 Å². The Bertz CT molecular complexity index is 455. The van der Waals surface area contributed by atoms with E-state index >= 15 is 0 Å². The van der Waals surface area contributed by atoms with Crippen molar-refractivity contribution in [2.75, 3.05) is 11.4 Å². The van der Waals surface area contributed by atoms with E-state index in [0.29, 0.717) is 13.0 Å². The average molecular weight is 261 g/mol. The molecular formula is C14H19N3O2. The smallest absolute Gasteiger partial charge is 0.230 e. The van der Waals surface area contributed by atoms with Gasteiger partial charge in [0, 0.05) is 24.6 Å². The molecule has 3 N–H and O–H groups in total. The highest BCUT2D eigenvalue weighted by Gasteiger charge is 2.30. The van der Waals surface area contributed by atoms with Gasteiger partial charge in [-0.15, -0.1) is 0 Å². The van der Waals surface area contributed by atoms with Gasteiger partial charge >= 0.3 is 0 Å². The Labute approximate surface area is 112 Å². The van der Waals surface area contributed by atoms with Crippen LogP contribution in [0.15, 0.2) is 35.5 Å². The molecule has 0 heterocycles. The summed E-state index contributed by atoms with van der Waals surface area (Å²) < 4.78 is 0. The number of nitrogens with zero attached hydrogens (tertiary/aromatic N) is 2. The topological polar surface area (TPSA) is 78.9 Å². The lowest BCUT2D eigenvalue weighted by atomic mass is 9.84. The van der Waals surface area contributed by atoms with Crippen LogP contribution in [0.25, 0.3) is 0 Å². The van der Waals surface area contributed by atoms with E-state index in [1.165, 1.54) is 0 Å². The summed E-state index contributed by atoms with van der Waals surface area (Å²) in [5, 5.41) is 11.5. The van der Waals surface area contributed by atoms with Gasteiger partial charge in [0.1, 0.15) is 5.84 Å². The lowest BCUT2D eigenvalue weighted by molar-refractivity contribution is -0.124. The fourth-order valence-electron chi connectivity index (χ4n) is 2.13. The second-order valence-corrected chi connectivity index (χ2v) is 4.79. The molecule has 0 aromatic heterocycles. The van der Waals surface area contributed by atoms with Gasteiger partial charge in [0.05, 0.1) is 0 Å². The van der Waals surface area contributed by atoms with E-state index in [1.807, 2.05) is 30.3 Å². The monoisotopic (exact) mass is 261 g/mol. The summed E-state index contributed by atoms with van der Waals surface area (Å²) in [5.74, 6) is 0.415. The minimum Gasteiger partial charge on any atom is -0.409 e. The van der Waals surface area contributed by atoms with Gasteiger partial charge in [0.15, 0.2) is 0 Å². The predicted molar refractivity (Wildman–Crippen MR) is 74.2 cm³/mol. The van der Waals surface area contributed by atoms with Crippen molar-refractivity contribution in [3.8, 4) is 0 Å². The first-order chi connectivity index (χ1) is 9.22. The van der Waals surface area contributed by atoms with Crippen molar-refractivity contribution < 1.29 is 10.0 Å². The maximum atomic E-state index is 12.4. The van der Waals surface area contributed by atoms with Crippen molar-refractivity contribution in [1.82, 2.24) is 0 Å². The zero-order valence-corrected chi connectivity index (χ0v) is 10.8. The van der Waals surface area contributed by atoms with Gasteiger partial charge in [0.25, 0.3) is 0 Å². The Balaban J connectivity index is 2.10. The Morgan fingerprint density at radius 3 is 2.58 bits per heavy atom. The molecule has 1 aliphatic carbocycles. The van der Waals surface area contributed by atoms with Gasteiger partial charge in [-0.25, -0.2) is 0 Å². The van der Waals surface area contributed by atoms with Crippen molar-refractivity contribution in [1.29, 1.82) is 0 Å². The first-order valence-corrected chi connectivity index (χ1v) is 6.55. The Kier molecular flexibility index (Phi) is 4.39. The summed E-state index contributed by atoms with van der Waals surface area (Å²) in [4.78, 5) is 14.1. The SMILES string of the molecule is N/C(CCN(C(=O)C1CCC1)c1ccccc1)=N/O. The third kappa shape index (κ3) is 3.24. The molecule has 0 atom stereocenters. The van der Waals surface area contributed by atoms with Crippen molar-refractivity contribution in [3.05, 3.63) is 30.3 Å². The number of anilines is 1. The molecule has 1 saturated carbocycles. The fraction of sp³-hybridized carbons (Fsp3) is 0.429. The normalized spacial score (nSPS) is 15.9. The molecule has 1 fully saturated rings. The molecule has 0 spiro atoms. The van der Waals surface area contributed by atoms with Crippen molar-refractivity contribution >= 4 is 17.4 Å². The number of benzene rings is 1. The predicted octanol–water partition coefficient (Wildman–Crippen LogP) is 1.96. The van der Waals surface area contributed by atoms with Crippen LogP contribution in [-0.4, -0.2) is 23.5 Å². The molecule has 1 aromatic carbocycles. The lowest BCUT2D eigenvalue weighted by Gasteiger charge is -2.31. The highest BCUT2D eigenvalue weighted by atomic mass is 16.4. The van der Waals surface area contributed by atoms with Crippen molar-refractivity contribution in [3.63, 3.8) is 0 Å². The highest BCUT2D eigenvalue weighted by molar-refractivity contribution is 5.96. The standard InChI is InChI=1S/C14H19N3O2/c15-13(16-19)9-10-17(12-7-2-1-3-8-12)14(18)11-5-4-6-11/h1-3,7-8,11,19H,4-6,9-10H2,(H2,15,16). The Morgan fingerprint density at radius 2 is 2.05 bits per heavy atom. The second kappa shape index (κ2) is 6.22. The second-order valence-electron chi connectivity index (χ2n) is 4.79. The van der Waals surface area contributed by atoms with E-state index in [9.17, 15) is 4.79 Å². The number of hydrogen-bond donors (Lipinski definition) is 2. The molecule has 5 heteroatoms. The molecule has 1 aliphatic rings. The Hall–Kier alpha value is -2.04. The molecule has 0 unspecified atom stereocenters. The van der Waals surface area contributed by atoms with E-state index in [0.717, 1.165) is 24.9 Å². The summed E-state index contributed by atoms with van der Waals surface area (Å²) in [6, 6.07) is 9.53. The quantitative estimate of drug-likeness (QED) is 0.368. The van der Waals surface area contributed by atoms with Crippen molar-refractivity contribution in [2.24, 2.45) is 16.8 Å². The molecule has 1 aromatic rings. The molecule has 1 amide bonds. The van der Waals surface area contributed by atoms with Gasteiger partial charge in [-0.3, -0.25) is 4.79 Å². The number of nitrogens with two attached hydrogens (primary N) is 1. The number of amides is 1.